The molecule has 10 heteroatoms. The molecule has 166 valence electrons. The summed E-state index contributed by atoms with van der Waals surface area (Å²) in [4.78, 5) is 12.9. The normalized spacial score (nSPS) is 18.9. The zero-order valence-electron chi connectivity index (χ0n) is 17.2. The fraction of sp³-hybridized carbons (Fsp3) is 0.381. The van der Waals surface area contributed by atoms with Crippen molar-refractivity contribution in [2.24, 2.45) is 0 Å². The molecule has 2 aliphatic heterocycles. The second kappa shape index (κ2) is 8.25. The van der Waals surface area contributed by atoms with Crippen LogP contribution in [0.5, 0.6) is 0 Å². The minimum Gasteiger partial charge on any atom is -0.322 e. The molecule has 2 aliphatic rings. The first kappa shape index (κ1) is 21.8. The van der Waals surface area contributed by atoms with Gasteiger partial charge in [-0.2, -0.15) is 4.31 Å². The van der Waals surface area contributed by atoms with Crippen LogP contribution in [0, 0.1) is 6.92 Å². The van der Waals surface area contributed by atoms with Crippen molar-refractivity contribution in [1.29, 1.82) is 0 Å². The molecule has 0 aliphatic carbocycles. The first-order valence-electron chi connectivity index (χ1n) is 10.2. The van der Waals surface area contributed by atoms with E-state index < -0.39 is 26.0 Å². The molecule has 2 aromatic rings. The second-order valence-electron chi connectivity index (χ2n) is 7.83. The lowest BCUT2D eigenvalue weighted by atomic mass is 10.1. The molecule has 0 bridgehead atoms. The lowest BCUT2D eigenvalue weighted by molar-refractivity contribution is 0.102. The highest BCUT2D eigenvalue weighted by Crippen LogP contribution is 2.29. The first-order valence-corrected chi connectivity index (χ1v) is 13.3. The zero-order valence-corrected chi connectivity index (χ0v) is 18.9. The third kappa shape index (κ3) is 4.32. The average Bonchev–Trinajstić information content (AvgIpc) is 3.40. The van der Waals surface area contributed by atoms with Crippen molar-refractivity contribution in [3.05, 3.63) is 53.6 Å². The Bertz CT molecular complexity index is 1200. The molecule has 2 fully saturated rings. The van der Waals surface area contributed by atoms with Gasteiger partial charge in [0.25, 0.3) is 5.91 Å². The zero-order chi connectivity index (χ0) is 22.2. The van der Waals surface area contributed by atoms with Crippen molar-refractivity contribution in [2.45, 2.75) is 31.1 Å². The van der Waals surface area contributed by atoms with E-state index in [0.29, 0.717) is 43.0 Å². The summed E-state index contributed by atoms with van der Waals surface area (Å²) in [5.41, 5.74) is 2.14. The minimum absolute atomic E-state index is 0.120. The number of aryl methyl sites for hydroxylation is 1. The quantitative estimate of drug-likeness (QED) is 0.734. The van der Waals surface area contributed by atoms with Crippen LogP contribution in [-0.2, 0) is 20.0 Å². The van der Waals surface area contributed by atoms with Crippen LogP contribution in [-0.4, -0.2) is 52.4 Å². The highest BCUT2D eigenvalue weighted by Gasteiger charge is 2.29. The predicted molar refractivity (Wildman–Crippen MR) is 119 cm³/mol. The Labute approximate surface area is 183 Å². The summed E-state index contributed by atoms with van der Waals surface area (Å²) >= 11 is 0. The van der Waals surface area contributed by atoms with Gasteiger partial charge in [0.15, 0.2) is 0 Å². The van der Waals surface area contributed by atoms with Gasteiger partial charge in [-0.1, -0.05) is 6.07 Å². The number of carbonyl (C=O) groups is 1. The number of rotatable bonds is 5. The Morgan fingerprint density at radius 3 is 2.26 bits per heavy atom. The number of carbonyl (C=O) groups excluding carboxylic acids is 1. The van der Waals surface area contributed by atoms with Gasteiger partial charge in [0, 0.05) is 30.9 Å². The van der Waals surface area contributed by atoms with Crippen LogP contribution in [0.15, 0.2) is 47.4 Å². The summed E-state index contributed by atoms with van der Waals surface area (Å²) in [5, 5.41) is 2.81. The number of nitrogens with one attached hydrogen (secondary N) is 1. The van der Waals surface area contributed by atoms with E-state index in [1.165, 1.54) is 32.9 Å². The molecule has 0 unspecified atom stereocenters. The Balaban J connectivity index is 1.53. The van der Waals surface area contributed by atoms with Crippen LogP contribution >= 0.6 is 0 Å². The van der Waals surface area contributed by atoms with Gasteiger partial charge in [-0.3, -0.25) is 9.10 Å². The molecule has 4 rings (SSSR count). The second-order valence-corrected chi connectivity index (χ2v) is 11.8. The fourth-order valence-corrected chi connectivity index (χ4v) is 6.95. The minimum atomic E-state index is -3.53. The van der Waals surface area contributed by atoms with Crippen molar-refractivity contribution in [1.82, 2.24) is 4.31 Å². The van der Waals surface area contributed by atoms with E-state index in [9.17, 15) is 21.6 Å². The van der Waals surface area contributed by atoms with Crippen molar-refractivity contribution in [3.8, 4) is 0 Å². The van der Waals surface area contributed by atoms with E-state index >= 15 is 0 Å². The standard InChI is InChI=1S/C21H25N3O5S2/c1-16-5-8-18(24-13-4-14-30(24,26)27)15-20(16)22-21(25)17-6-9-19(10-7-17)31(28,29)23-11-2-3-12-23/h5-10,15H,2-4,11-14H2,1H3,(H,22,25). The summed E-state index contributed by atoms with van der Waals surface area (Å²) in [7, 11) is -6.85. The smallest absolute Gasteiger partial charge is 0.255 e. The van der Waals surface area contributed by atoms with Crippen LogP contribution in [0.3, 0.4) is 0 Å². The molecule has 8 nitrogen and oxygen atoms in total. The third-order valence-electron chi connectivity index (χ3n) is 5.68. The van der Waals surface area contributed by atoms with E-state index in [-0.39, 0.29) is 10.6 Å². The highest BCUT2D eigenvalue weighted by atomic mass is 32.2. The van der Waals surface area contributed by atoms with Gasteiger partial charge in [0.05, 0.1) is 16.3 Å². The number of benzene rings is 2. The van der Waals surface area contributed by atoms with Gasteiger partial charge < -0.3 is 5.32 Å². The first-order chi connectivity index (χ1) is 14.7. The number of hydrogen-bond donors (Lipinski definition) is 1. The summed E-state index contributed by atoms with van der Waals surface area (Å²) in [5.74, 6) is -0.274. The molecule has 1 N–H and O–H groups in total. The molecule has 31 heavy (non-hydrogen) atoms. The van der Waals surface area contributed by atoms with Crippen LogP contribution in [0.25, 0.3) is 0 Å². The van der Waals surface area contributed by atoms with E-state index in [1.807, 2.05) is 6.92 Å². The summed E-state index contributed by atoms with van der Waals surface area (Å²) < 4.78 is 52.5. The van der Waals surface area contributed by atoms with Crippen LogP contribution < -0.4 is 9.62 Å². The summed E-state index contributed by atoms with van der Waals surface area (Å²) in [6.07, 6.45) is 2.29. The van der Waals surface area contributed by atoms with Crippen molar-refractivity contribution in [2.75, 3.05) is 35.0 Å². The SMILES string of the molecule is Cc1ccc(N2CCCS2(=O)=O)cc1NC(=O)c1ccc(S(=O)(=O)N2CCCC2)cc1. The van der Waals surface area contributed by atoms with E-state index in [2.05, 4.69) is 5.32 Å². The molecule has 0 spiro atoms. The lowest BCUT2D eigenvalue weighted by Crippen LogP contribution is -2.27. The Kier molecular flexibility index (Phi) is 5.80. The maximum atomic E-state index is 12.7. The van der Waals surface area contributed by atoms with Gasteiger partial charge in [0.1, 0.15) is 0 Å². The predicted octanol–water partition coefficient (Wildman–Crippen LogP) is 2.57. The maximum absolute atomic E-state index is 12.7. The van der Waals surface area contributed by atoms with E-state index in [0.717, 1.165) is 18.4 Å². The van der Waals surface area contributed by atoms with Crippen LogP contribution in [0.4, 0.5) is 11.4 Å². The summed E-state index contributed by atoms with van der Waals surface area (Å²) in [6, 6.07) is 11.0. The molecule has 2 aromatic carbocycles. The molecule has 0 atom stereocenters. The molecule has 2 saturated heterocycles. The van der Waals surface area contributed by atoms with Gasteiger partial charge in [-0.15, -0.1) is 0 Å². The number of sulfonamides is 2. The molecular weight excluding hydrogens is 438 g/mol. The molecule has 0 saturated carbocycles. The lowest BCUT2D eigenvalue weighted by Gasteiger charge is -2.19. The van der Waals surface area contributed by atoms with Crippen LogP contribution in [0.1, 0.15) is 35.2 Å². The van der Waals surface area contributed by atoms with Gasteiger partial charge >= 0.3 is 0 Å². The molecule has 0 aromatic heterocycles. The Hall–Kier alpha value is -2.43. The monoisotopic (exact) mass is 463 g/mol. The highest BCUT2D eigenvalue weighted by molar-refractivity contribution is 7.93. The fourth-order valence-electron chi connectivity index (χ4n) is 3.88. The molecule has 2 heterocycles. The maximum Gasteiger partial charge on any atom is 0.255 e. The van der Waals surface area contributed by atoms with E-state index in [4.69, 9.17) is 0 Å². The number of amides is 1. The largest absolute Gasteiger partial charge is 0.322 e. The molecular formula is C21H25N3O5S2. The average molecular weight is 464 g/mol. The van der Waals surface area contributed by atoms with Crippen molar-refractivity contribution >= 4 is 37.3 Å². The topological polar surface area (TPSA) is 104 Å². The van der Waals surface area contributed by atoms with Gasteiger partial charge in [-0.25, -0.2) is 16.8 Å². The molecule has 0 radical (unpaired) electrons. The number of hydrogen-bond acceptors (Lipinski definition) is 5. The Morgan fingerprint density at radius 1 is 0.968 bits per heavy atom. The molecule has 1 amide bonds. The number of nitrogens with zero attached hydrogens (tertiary/aromatic N) is 2. The van der Waals surface area contributed by atoms with Gasteiger partial charge in [-0.05, 0) is 68.1 Å². The van der Waals surface area contributed by atoms with Crippen molar-refractivity contribution in [3.63, 3.8) is 0 Å². The number of anilines is 2. The Morgan fingerprint density at radius 2 is 1.65 bits per heavy atom. The van der Waals surface area contributed by atoms with Crippen LogP contribution in [0.2, 0.25) is 0 Å². The van der Waals surface area contributed by atoms with Crippen molar-refractivity contribution < 1.29 is 21.6 Å². The third-order valence-corrected chi connectivity index (χ3v) is 9.46. The summed E-state index contributed by atoms with van der Waals surface area (Å²) in [6.45, 7) is 3.29. The van der Waals surface area contributed by atoms with Gasteiger partial charge in [0.2, 0.25) is 20.0 Å². The van der Waals surface area contributed by atoms with E-state index in [1.54, 1.807) is 18.2 Å².